The molecule has 0 saturated carbocycles. The van der Waals surface area contributed by atoms with E-state index in [1.54, 1.807) is 0 Å². The Morgan fingerprint density at radius 1 is 1.29 bits per heavy atom. The third kappa shape index (κ3) is 3.30. The lowest BCUT2D eigenvalue weighted by molar-refractivity contribution is 0.0238. The fourth-order valence-electron chi connectivity index (χ4n) is 4.01. The van der Waals surface area contributed by atoms with Crippen LogP contribution in [0.2, 0.25) is 0 Å². The minimum atomic E-state index is 0.604. The van der Waals surface area contributed by atoms with Crippen molar-refractivity contribution >= 4 is 0 Å². The zero-order valence-corrected chi connectivity index (χ0v) is 13.5. The Balaban J connectivity index is 1.75. The van der Waals surface area contributed by atoms with Crippen molar-refractivity contribution in [1.82, 2.24) is 19.6 Å². The van der Waals surface area contributed by atoms with E-state index in [9.17, 15) is 0 Å². The zero-order valence-electron chi connectivity index (χ0n) is 13.5. The van der Waals surface area contributed by atoms with Crippen molar-refractivity contribution in [3.05, 3.63) is 18.0 Å². The number of rotatable bonds is 4. The minimum Gasteiger partial charge on any atom is -0.381 e. The maximum Gasteiger partial charge on any atom is 0.0522 e. The Morgan fingerprint density at radius 3 is 2.67 bits per heavy atom. The molecule has 3 heterocycles. The van der Waals surface area contributed by atoms with Crippen LogP contribution in [-0.4, -0.2) is 71.6 Å². The second kappa shape index (κ2) is 6.46. The predicted molar refractivity (Wildman–Crippen MR) is 83.3 cm³/mol. The zero-order chi connectivity index (χ0) is 14.8. The summed E-state index contributed by atoms with van der Waals surface area (Å²) in [7, 11) is 6.43. The molecule has 3 rings (SSSR count). The van der Waals surface area contributed by atoms with E-state index in [0.29, 0.717) is 18.1 Å². The van der Waals surface area contributed by atoms with E-state index in [-0.39, 0.29) is 0 Å². The molecular formula is C16H28N4O. The molecule has 1 aromatic heterocycles. The van der Waals surface area contributed by atoms with Crippen LogP contribution in [0.1, 0.15) is 24.8 Å². The molecular weight excluding hydrogens is 264 g/mol. The highest BCUT2D eigenvalue weighted by molar-refractivity contribution is 5.10. The lowest BCUT2D eigenvalue weighted by atomic mass is 9.99. The van der Waals surface area contributed by atoms with E-state index >= 15 is 0 Å². The average molecular weight is 292 g/mol. The van der Waals surface area contributed by atoms with Gasteiger partial charge in [-0.3, -0.25) is 9.58 Å². The Hall–Kier alpha value is -0.910. The van der Waals surface area contributed by atoms with Crippen molar-refractivity contribution in [1.29, 1.82) is 0 Å². The van der Waals surface area contributed by atoms with Gasteiger partial charge in [0.1, 0.15) is 0 Å². The molecule has 0 aromatic carbocycles. The molecule has 21 heavy (non-hydrogen) atoms. The summed E-state index contributed by atoms with van der Waals surface area (Å²) in [4.78, 5) is 5.15. The van der Waals surface area contributed by atoms with Crippen LogP contribution in [-0.2, 0) is 18.2 Å². The molecule has 0 bridgehead atoms. The first-order valence-electron chi connectivity index (χ1n) is 8.12. The minimum absolute atomic E-state index is 0.604. The van der Waals surface area contributed by atoms with E-state index in [1.165, 1.54) is 31.4 Å². The third-order valence-electron chi connectivity index (χ3n) is 5.08. The van der Waals surface area contributed by atoms with Gasteiger partial charge in [-0.15, -0.1) is 0 Å². The Kier molecular flexibility index (Phi) is 4.62. The Labute approximate surface area is 127 Å². The number of likely N-dealkylation sites (N-methyl/N-ethyl adjacent to an activating group) is 1. The first kappa shape index (κ1) is 15.0. The molecule has 5 heteroatoms. The molecule has 2 aliphatic rings. The van der Waals surface area contributed by atoms with Gasteiger partial charge in [0.25, 0.3) is 0 Å². The Bertz CT molecular complexity index is 453. The summed E-state index contributed by atoms with van der Waals surface area (Å²) in [6.45, 7) is 3.07. The van der Waals surface area contributed by atoms with Crippen molar-refractivity contribution in [2.24, 2.45) is 7.05 Å². The maximum atomic E-state index is 5.54. The van der Waals surface area contributed by atoms with Crippen LogP contribution >= 0.6 is 0 Å². The highest BCUT2D eigenvalue weighted by Gasteiger charge is 2.39. The lowest BCUT2D eigenvalue weighted by Crippen LogP contribution is -2.48. The molecule has 2 saturated heterocycles. The van der Waals surface area contributed by atoms with Crippen LogP contribution in [0.15, 0.2) is 12.4 Å². The van der Waals surface area contributed by atoms with Crippen LogP contribution in [0.4, 0.5) is 0 Å². The van der Waals surface area contributed by atoms with Crippen LogP contribution in [0.5, 0.6) is 0 Å². The molecule has 0 aliphatic carbocycles. The SMILES string of the molecule is CN(C)[C@@H]1CCN(C2CCOCC2)[C@H]1Cc1cnn(C)c1. The molecule has 0 unspecified atom stereocenters. The second-order valence-electron chi connectivity index (χ2n) is 6.69. The van der Waals surface area contributed by atoms with Gasteiger partial charge in [-0.2, -0.15) is 5.10 Å². The third-order valence-corrected chi connectivity index (χ3v) is 5.08. The molecule has 2 fully saturated rings. The fourth-order valence-corrected chi connectivity index (χ4v) is 4.01. The predicted octanol–water partition coefficient (Wildman–Crippen LogP) is 1.15. The van der Waals surface area contributed by atoms with E-state index in [2.05, 4.69) is 35.2 Å². The molecule has 118 valence electrons. The van der Waals surface area contributed by atoms with E-state index < -0.39 is 0 Å². The summed E-state index contributed by atoms with van der Waals surface area (Å²) in [5.74, 6) is 0. The number of aromatic nitrogens is 2. The lowest BCUT2D eigenvalue weighted by Gasteiger charge is -2.38. The van der Waals surface area contributed by atoms with Crippen molar-refractivity contribution in [2.45, 2.75) is 43.8 Å². The number of likely N-dealkylation sites (tertiary alicyclic amines) is 1. The van der Waals surface area contributed by atoms with Crippen molar-refractivity contribution in [3.8, 4) is 0 Å². The van der Waals surface area contributed by atoms with Gasteiger partial charge in [-0.25, -0.2) is 0 Å². The molecule has 2 aliphatic heterocycles. The van der Waals surface area contributed by atoms with Gasteiger partial charge >= 0.3 is 0 Å². The normalized spacial score (nSPS) is 28.6. The molecule has 2 atom stereocenters. The summed E-state index contributed by atoms with van der Waals surface area (Å²) in [5.41, 5.74) is 1.35. The van der Waals surface area contributed by atoms with Crippen molar-refractivity contribution in [2.75, 3.05) is 33.9 Å². The van der Waals surface area contributed by atoms with Gasteiger partial charge in [0.15, 0.2) is 0 Å². The van der Waals surface area contributed by atoms with Crippen LogP contribution in [0.3, 0.4) is 0 Å². The van der Waals surface area contributed by atoms with Gasteiger partial charge < -0.3 is 9.64 Å². The van der Waals surface area contributed by atoms with Gasteiger partial charge in [0.2, 0.25) is 0 Å². The van der Waals surface area contributed by atoms with Crippen LogP contribution in [0.25, 0.3) is 0 Å². The van der Waals surface area contributed by atoms with Gasteiger partial charge in [-0.05, 0) is 45.3 Å². The average Bonchev–Trinajstić information content (AvgIpc) is 3.07. The van der Waals surface area contributed by atoms with Crippen molar-refractivity contribution in [3.63, 3.8) is 0 Å². The van der Waals surface area contributed by atoms with E-state index in [4.69, 9.17) is 4.74 Å². The summed E-state index contributed by atoms with van der Waals surface area (Å²) < 4.78 is 7.45. The first-order valence-corrected chi connectivity index (χ1v) is 8.12. The topological polar surface area (TPSA) is 33.5 Å². The number of hydrogen-bond donors (Lipinski definition) is 0. The van der Waals surface area contributed by atoms with Crippen LogP contribution < -0.4 is 0 Å². The number of hydrogen-bond acceptors (Lipinski definition) is 4. The number of nitrogens with zero attached hydrogens (tertiary/aromatic N) is 4. The fraction of sp³-hybridized carbons (Fsp3) is 0.812. The quantitative estimate of drug-likeness (QED) is 0.833. The van der Waals surface area contributed by atoms with Gasteiger partial charge in [-0.1, -0.05) is 0 Å². The number of aryl methyl sites for hydroxylation is 1. The summed E-state index contributed by atoms with van der Waals surface area (Å²) in [5, 5.41) is 4.33. The monoisotopic (exact) mass is 292 g/mol. The number of ether oxygens (including phenoxy) is 1. The van der Waals surface area contributed by atoms with Gasteiger partial charge in [0, 0.05) is 51.1 Å². The first-order chi connectivity index (χ1) is 10.1. The standard InChI is InChI=1S/C16H28N4O/c1-18(2)15-4-7-20(14-5-8-21-9-6-14)16(15)10-13-11-17-19(3)12-13/h11-12,14-16H,4-10H2,1-3H3/t15-,16+/m1/s1. The molecule has 5 nitrogen and oxygen atoms in total. The van der Waals surface area contributed by atoms with Crippen LogP contribution in [0, 0.1) is 0 Å². The van der Waals surface area contributed by atoms with Crippen molar-refractivity contribution < 1.29 is 4.74 Å². The summed E-state index contributed by atoms with van der Waals surface area (Å²) in [6, 6.07) is 1.95. The molecule has 1 aromatic rings. The van der Waals surface area contributed by atoms with Gasteiger partial charge in [0.05, 0.1) is 6.20 Å². The highest BCUT2D eigenvalue weighted by atomic mass is 16.5. The summed E-state index contributed by atoms with van der Waals surface area (Å²) >= 11 is 0. The van der Waals surface area contributed by atoms with E-state index in [0.717, 1.165) is 19.6 Å². The second-order valence-corrected chi connectivity index (χ2v) is 6.69. The highest BCUT2D eigenvalue weighted by Crippen LogP contribution is 2.29. The molecule has 0 amide bonds. The molecule has 0 spiro atoms. The summed E-state index contributed by atoms with van der Waals surface area (Å²) in [6.07, 6.45) is 8.93. The maximum absolute atomic E-state index is 5.54. The smallest absolute Gasteiger partial charge is 0.0522 e. The Morgan fingerprint density at radius 2 is 2.05 bits per heavy atom. The molecule has 0 N–H and O–H groups in total. The molecule has 0 radical (unpaired) electrons. The largest absolute Gasteiger partial charge is 0.381 e. The van der Waals surface area contributed by atoms with E-state index in [1.807, 2.05) is 17.9 Å².